The largest absolute Gasteiger partial charge is 0.458 e. The van der Waals surface area contributed by atoms with Crippen molar-refractivity contribution in [1.29, 1.82) is 0 Å². The molecular weight excluding hydrogens is 518 g/mol. The maximum Gasteiger partial charge on any atom is 0.303 e. The zero-order valence-electron chi connectivity index (χ0n) is 24.7. The molecule has 4 aliphatic carbocycles. The second kappa shape index (κ2) is 10.4. The smallest absolute Gasteiger partial charge is 0.303 e. The number of rotatable bonds is 6. The highest BCUT2D eigenvalue weighted by Crippen LogP contribution is 2.68. The van der Waals surface area contributed by atoms with Crippen molar-refractivity contribution in [3.8, 4) is 0 Å². The summed E-state index contributed by atoms with van der Waals surface area (Å²) in [6, 6.07) is 0.0397. The van der Waals surface area contributed by atoms with Crippen LogP contribution in [0.4, 0.5) is 0 Å². The van der Waals surface area contributed by atoms with Crippen LogP contribution in [-0.2, 0) is 33.4 Å². The first-order chi connectivity index (χ1) is 18.1. The predicted molar refractivity (Wildman–Crippen MR) is 147 cm³/mol. The van der Waals surface area contributed by atoms with Crippen LogP contribution in [0.1, 0.15) is 86.0 Å². The number of carbonyl (C=O) groups excluding carboxylic acids is 2. The van der Waals surface area contributed by atoms with Crippen LogP contribution in [0.15, 0.2) is 0 Å². The second-order valence-electron chi connectivity index (χ2n) is 14.5. The molecule has 0 aromatic carbocycles. The van der Waals surface area contributed by atoms with Crippen LogP contribution in [0, 0.1) is 40.4 Å². The summed E-state index contributed by atoms with van der Waals surface area (Å²) < 4.78 is 41.6. The molecule has 0 amide bonds. The van der Waals surface area contributed by atoms with Gasteiger partial charge in [-0.15, -0.1) is 0 Å². The van der Waals surface area contributed by atoms with E-state index in [0.717, 1.165) is 64.5 Å². The second-order valence-corrected chi connectivity index (χ2v) is 16.1. The van der Waals surface area contributed by atoms with Crippen molar-refractivity contribution in [3.63, 3.8) is 0 Å². The molecule has 9 heteroatoms. The fraction of sp³-hybridized carbons (Fsp3) is 0.933. The Bertz CT molecular complexity index is 1080. The van der Waals surface area contributed by atoms with E-state index in [1.54, 1.807) is 0 Å². The molecular formula is C30H49NO7S. The van der Waals surface area contributed by atoms with E-state index in [0.29, 0.717) is 30.3 Å². The normalized spacial score (nSPS) is 44.1. The van der Waals surface area contributed by atoms with E-state index in [-0.39, 0.29) is 46.9 Å². The molecule has 5 rings (SSSR count). The van der Waals surface area contributed by atoms with Gasteiger partial charge in [0.15, 0.2) is 5.78 Å². The molecule has 0 aromatic rings. The maximum absolute atomic E-state index is 13.1. The molecule has 1 heterocycles. The zero-order valence-corrected chi connectivity index (χ0v) is 25.6. The Labute approximate surface area is 235 Å². The standard InChI is InChI=1S/C30H49NO7S/c1-19(32)36-17-26(33)24-10-9-22-21-8-7-20-15-27(38-39(6,34)35)25(31-13-14-37-28(2,3)18-31)16-30(20,5)23(21)11-12-29(22,24)4/h20-25,27H,7-18H2,1-6H3/t20-,21-,22-,23-,24+,25-,27-,29-,30-/m0/s1. The lowest BCUT2D eigenvalue weighted by atomic mass is 9.44. The quantitative estimate of drug-likeness (QED) is 0.348. The van der Waals surface area contributed by atoms with Crippen molar-refractivity contribution in [2.45, 2.75) is 104 Å². The lowest BCUT2D eigenvalue weighted by Crippen LogP contribution is -2.63. The average molecular weight is 568 g/mol. The fourth-order valence-corrected chi connectivity index (χ4v) is 10.7. The van der Waals surface area contributed by atoms with Crippen molar-refractivity contribution in [2.75, 3.05) is 32.6 Å². The molecule has 1 aliphatic heterocycles. The van der Waals surface area contributed by atoms with Crippen LogP contribution in [0.25, 0.3) is 0 Å². The van der Waals surface area contributed by atoms with Gasteiger partial charge in [0.2, 0.25) is 0 Å². The molecule has 9 atom stereocenters. The SMILES string of the molecule is CC(=O)OCC(=O)[C@H]1CC[C@H]2[C@@H]3CC[C@H]4C[C@H](OS(C)(=O)=O)[C@@H](N5CCOC(C)(C)C5)C[C@]4(C)[C@H]3CC[C@]12C. The first kappa shape index (κ1) is 29.5. The molecule has 0 spiro atoms. The maximum atomic E-state index is 13.1. The highest BCUT2D eigenvalue weighted by atomic mass is 32.2. The number of esters is 1. The van der Waals surface area contributed by atoms with Gasteiger partial charge in [0.25, 0.3) is 10.1 Å². The van der Waals surface area contributed by atoms with Gasteiger partial charge in [0, 0.05) is 32.0 Å². The van der Waals surface area contributed by atoms with E-state index in [1.165, 1.54) is 13.2 Å². The molecule has 0 aromatic heterocycles. The molecule has 0 N–H and O–H groups in total. The van der Waals surface area contributed by atoms with Crippen LogP contribution < -0.4 is 0 Å². The van der Waals surface area contributed by atoms with E-state index >= 15 is 0 Å². The molecule has 5 fully saturated rings. The monoisotopic (exact) mass is 567 g/mol. The summed E-state index contributed by atoms with van der Waals surface area (Å²) in [5, 5.41) is 0. The summed E-state index contributed by atoms with van der Waals surface area (Å²) >= 11 is 0. The Morgan fingerprint density at radius 2 is 1.72 bits per heavy atom. The number of hydrogen-bond acceptors (Lipinski definition) is 8. The molecule has 5 aliphatic rings. The molecule has 0 radical (unpaired) electrons. The molecule has 0 unspecified atom stereocenters. The third-order valence-electron chi connectivity index (χ3n) is 11.7. The summed E-state index contributed by atoms with van der Waals surface area (Å²) in [5.41, 5.74) is -0.203. The molecule has 0 bridgehead atoms. The fourth-order valence-electron chi connectivity index (χ4n) is 10.1. The van der Waals surface area contributed by atoms with Crippen molar-refractivity contribution in [3.05, 3.63) is 0 Å². The number of carbonyl (C=O) groups is 2. The van der Waals surface area contributed by atoms with Crippen molar-refractivity contribution in [2.24, 2.45) is 40.4 Å². The third kappa shape index (κ3) is 5.59. The summed E-state index contributed by atoms with van der Waals surface area (Å²) in [5.74, 6) is 1.73. The summed E-state index contributed by atoms with van der Waals surface area (Å²) in [6.07, 6.45) is 8.87. The van der Waals surface area contributed by atoms with Crippen LogP contribution in [-0.4, -0.2) is 75.4 Å². The number of nitrogens with zero attached hydrogens (tertiary/aromatic N) is 1. The van der Waals surface area contributed by atoms with Crippen LogP contribution in [0.3, 0.4) is 0 Å². The lowest BCUT2D eigenvalue weighted by molar-refractivity contribution is -0.166. The highest BCUT2D eigenvalue weighted by molar-refractivity contribution is 7.86. The minimum atomic E-state index is -3.57. The van der Waals surface area contributed by atoms with Gasteiger partial charge in [0.05, 0.1) is 24.6 Å². The first-order valence-corrected chi connectivity index (χ1v) is 16.9. The van der Waals surface area contributed by atoms with E-state index in [1.807, 2.05) is 0 Å². The number of morpholine rings is 1. The lowest BCUT2D eigenvalue weighted by Gasteiger charge is -2.63. The number of Topliss-reactive ketones (excluding diaryl/α,β-unsaturated/α-hetero) is 1. The Kier molecular flexibility index (Phi) is 7.82. The minimum absolute atomic E-state index is 0.0319. The van der Waals surface area contributed by atoms with E-state index in [9.17, 15) is 18.0 Å². The van der Waals surface area contributed by atoms with Crippen LogP contribution in [0.2, 0.25) is 0 Å². The Morgan fingerprint density at radius 1 is 1.00 bits per heavy atom. The third-order valence-corrected chi connectivity index (χ3v) is 12.3. The van der Waals surface area contributed by atoms with Crippen molar-refractivity contribution in [1.82, 2.24) is 4.90 Å². The molecule has 4 saturated carbocycles. The minimum Gasteiger partial charge on any atom is -0.458 e. The summed E-state index contributed by atoms with van der Waals surface area (Å²) in [6.45, 7) is 12.5. The number of fused-ring (bicyclic) bond motifs is 5. The van der Waals surface area contributed by atoms with Gasteiger partial charge in [-0.25, -0.2) is 0 Å². The van der Waals surface area contributed by atoms with Gasteiger partial charge in [-0.1, -0.05) is 13.8 Å². The van der Waals surface area contributed by atoms with E-state index in [2.05, 4.69) is 32.6 Å². The summed E-state index contributed by atoms with van der Waals surface area (Å²) in [4.78, 5) is 26.9. The predicted octanol–water partition coefficient (Wildman–Crippen LogP) is 4.21. The summed E-state index contributed by atoms with van der Waals surface area (Å²) in [7, 11) is -3.57. The Morgan fingerprint density at radius 3 is 2.38 bits per heavy atom. The van der Waals surface area contributed by atoms with E-state index < -0.39 is 16.1 Å². The Hall–Kier alpha value is -1.03. The van der Waals surface area contributed by atoms with Crippen LogP contribution in [0.5, 0.6) is 0 Å². The van der Waals surface area contributed by atoms with Crippen molar-refractivity contribution >= 4 is 21.9 Å². The highest BCUT2D eigenvalue weighted by Gasteiger charge is 2.62. The van der Waals surface area contributed by atoms with Gasteiger partial charge >= 0.3 is 5.97 Å². The van der Waals surface area contributed by atoms with E-state index in [4.69, 9.17) is 13.7 Å². The molecule has 222 valence electrons. The van der Waals surface area contributed by atoms with Gasteiger partial charge in [-0.2, -0.15) is 8.42 Å². The molecule has 1 saturated heterocycles. The number of hydrogen-bond donors (Lipinski definition) is 0. The first-order valence-electron chi connectivity index (χ1n) is 15.1. The van der Waals surface area contributed by atoms with Crippen LogP contribution >= 0.6 is 0 Å². The van der Waals surface area contributed by atoms with Gasteiger partial charge in [0.1, 0.15) is 6.61 Å². The topological polar surface area (TPSA) is 99.2 Å². The van der Waals surface area contributed by atoms with Gasteiger partial charge in [-0.05, 0) is 99.7 Å². The van der Waals surface area contributed by atoms with Gasteiger partial charge < -0.3 is 9.47 Å². The molecule has 8 nitrogen and oxygen atoms in total. The average Bonchev–Trinajstić information content (AvgIpc) is 3.18. The number of ketones is 1. The molecule has 39 heavy (non-hydrogen) atoms. The van der Waals surface area contributed by atoms with Gasteiger partial charge in [-0.3, -0.25) is 18.7 Å². The van der Waals surface area contributed by atoms with Crippen molar-refractivity contribution < 1.29 is 31.7 Å². The zero-order chi connectivity index (χ0) is 28.4. The Balaban J connectivity index is 1.39. The number of ether oxygens (including phenoxy) is 2.